The number of aliphatic hydroxyl groups is 3. The molecule has 5 nitrogen and oxygen atoms in total. The van der Waals surface area contributed by atoms with E-state index >= 15 is 0 Å². The summed E-state index contributed by atoms with van der Waals surface area (Å²) < 4.78 is 0. The van der Waals surface area contributed by atoms with Crippen LogP contribution in [-0.2, 0) is 4.79 Å². The molecule has 3 unspecified atom stereocenters. The van der Waals surface area contributed by atoms with Gasteiger partial charge in [0.15, 0.2) is 0 Å². The maximum absolute atomic E-state index is 12.5. The van der Waals surface area contributed by atoms with Gasteiger partial charge in [0.1, 0.15) is 0 Å². The van der Waals surface area contributed by atoms with Crippen molar-refractivity contribution in [1.82, 2.24) is 5.32 Å². The molecule has 0 aromatic rings. The molecule has 0 aromatic heterocycles. The second-order valence-electron chi connectivity index (χ2n) is 17.4. The van der Waals surface area contributed by atoms with E-state index in [-0.39, 0.29) is 18.9 Å². The van der Waals surface area contributed by atoms with Gasteiger partial charge in [-0.1, -0.05) is 256 Å². The molecular formula is C51H99NO4. The van der Waals surface area contributed by atoms with E-state index in [1.165, 1.54) is 212 Å². The number of amides is 1. The summed E-state index contributed by atoms with van der Waals surface area (Å²) in [5.74, 6) is -0.321. The fourth-order valence-electron chi connectivity index (χ4n) is 7.89. The Kier molecular flexibility index (Phi) is 45.5. The molecule has 0 heterocycles. The number of carbonyl (C=O) groups is 1. The summed E-state index contributed by atoms with van der Waals surface area (Å²) in [7, 11) is 0. The van der Waals surface area contributed by atoms with Crippen LogP contribution in [0.4, 0.5) is 0 Å². The van der Waals surface area contributed by atoms with Crippen molar-refractivity contribution >= 4 is 5.91 Å². The average Bonchev–Trinajstić information content (AvgIpc) is 3.19. The van der Waals surface area contributed by atoms with Crippen LogP contribution in [0.3, 0.4) is 0 Å². The molecule has 0 rings (SSSR count). The van der Waals surface area contributed by atoms with Gasteiger partial charge in [-0.15, -0.1) is 0 Å². The van der Waals surface area contributed by atoms with Crippen molar-refractivity contribution in [3.8, 4) is 0 Å². The van der Waals surface area contributed by atoms with Gasteiger partial charge in [-0.05, 0) is 32.1 Å². The zero-order valence-corrected chi connectivity index (χ0v) is 37.8. The zero-order valence-electron chi connectivity index (χ0n) is 37.8. The van der Waals surface area contributed by atoms with Crippen LogP contribution >= 0.6 is 0 Å². The Morgan fingerprint density at radius 3 is 1.14 bits per heavy atom. The van der Waals surface area contributed by atoms with Crippen LogP contribution in [0.25, 0.3) is 0 Å². The number of allylic oxidation sites excluding steroid dienone is 3. The first-order valence-corrected chi connectivity index (χ1v) is 25.1. The number of carbonyl (C=O) groups excluding carboxylic acids is 1. The minimum Gasteiger partial charge on any atom is -0.394 e. The Balaban J connectivity index is 3.63. The quantitative estimate of drug-likeness (QED) is 0.0365. The third-order valence-electron chi connectivity index (χ3n) is 11.7. The molecule has 0 aromatic carbocycles. The van der Waals surface area contributed by atoms with Crippen molar-refractivity contribution in [2.75, 3.05) is 6.61 Å². The molecule has 0 aliphatic carbocycles. The summed E-state index contributed by atoms with van der Waals surface area (Å²) in [6.07, 6.45) is 57.7. The van der Waals surface area contributed by atoms with Gasteiger partial charge in [-0.25, -0.2) is 0 Å². The minimum absolute atomic E-state index is 0.00998. The standard InChI is InChI=1S/C51H99NO4/c1-3-5-7-9-11-13-15-17-19-21-22-23-24-25-26-27-29-31-33-35-37-39-41-43-45-50(55)49(47-53)52-51(56)46-48(54)44-42-40-38-36-34-32-30-28-20-18-16-14-12-10-8-6-4-2/h35,37,43,45,48-50,53-55H,3-34,36,38-42,44,46-47H2,1-2H3,(H,52,56)/b37-35+,45-43+. The first-order chi connectivity index (χ1) is 27.5. The molecule has 0 aliphatic heterocycles. The van der Waals surface area contributed by atoms with Crippen molar-refractivity contribution < 1.29 is 20.1 Å². The molecule has 5 heteroatoms. The number of aliphatic hydroxyl groups excluding tert-OH is 3. The van der Waals surface area contributed by atoms with Gasteiger partial charge in [-0.3, -0.25) is 4.79 Å². The van der Waals surface area contributed by atoms with Gasteiger partial charge in [0.05, 0.1) is 31.3 Å². The molecule has 332 valence electrons. The summed E-state index contributed by atoms with van der Waals surface area (Å²) in [6.45, 7) is 4.23. The number of unbranched alkanes of at least 4 members (excludes halogenated alkanes) is 35. The molecule has 0 radical (unpaired) electrons. The number of rotatable bonds is 46. The molecular weight excluding hydrogens is 691 g/mol. The van der Waals surface area contributed by atoms with E-state index in [1.54, 1.807) is 6.08 Å². The minimum atomic E-state index is -0.949. The fourth-order valence-corrected chi connectivity index (χ4v) is 7.89. The molecule has 0 spiro atoms. The van der Waals surface area contributed by atoms with Crippen LogP contribution in [0.15, 0.2) is 24.3 Å². The third-order valence-corrected chi connectivity index (χ3v) is 11.7. The SMILES string of the molecule is CCCCCCCCCCCCCCCCCCCC/C=C/CC/C=C/C(O)C(CO)NC(=O)CC(O)CCCCCCCCCCCCCCCCCCC. The number of nitrogens with one attached hydrogen (secondary N) is 1. The summed E-state index contributed by atoms with van der Waals surface area (Å²) in [4.78, 5) is 12.5. The molecule has 3 atom stereocenters. The predicted molar refractivity (Wildman–Crippen MR) is 245 cm³/mol. The highest BCUT2D eigenvalue weighted by Crippen LogP contribution is 2.17. The Morgan fingerprint density at radius 1 is 0.446 bits per heavy atom. The zero-order chi connectivity index (χ0) is 40.8. The molecule has 0 aliphatic rings. The second kappa shape index (κ2) is 46.5. The molecule has 0 fully saturated rings. The van der Waals surface area contributed by atoms with Gasteiger partial charge in [-0.2, -0.15) is 0 Å². The topological polar surface area (TPSA) is 89.8 Å². The summed E-state index contributed by atoms with van der Waals surface area (Å²) in [5.41, 5.74) is 0. The van der Waals surface area contributed by atoms with Crippen LogP contribution in [-0.4, -0.2) is 46.1 Å². The van der Waals surface area contributed by atoms with Crippen LogP contribution in [0, 0.1) is 0 Å². The van der Waals surface area contributed by atoms with Crippen molar-refractivity contribution in [3.05, 3.63) is 24.3 Å². The third kappa shape index (κ3) is 42.4. The lowest BCUT2D eigenvalue weighted by atomic mass is 10.0. The molecule has 0 saturated heterocycles. The lowest BCUT2D eigenvalue weighted by molar-refractivity contribution is -0.124. The van der Waals surface area contributed by atoms with Crippen LogP contribution in [0.1, 0.15) is 271 Å². The van der Waals surface area contributed by atoms with Crippen molar-refractivity contribution in [2.45, 2.75) is 289 Å². The molecule has 0 saturated carbocycles. The lowest BCUT2D eigenvalue weighted by Gasteiger charge is -2.21. The van der Waals surface area contributed by atoms with Crippen LogP contribution in [0.2, 0.25) is 0 Å². The predicted octanol–water partition coefficient (Wildman–Crippen LogP) is 14.9. The number of hydrogen-bond acceptors (Lipinski definition) is 4. The fraction of sp³-hybridized carbons (Fsp3) is 0.902. The molecule has 56 heavy (non-hydrogen) atoms. The van der Waals surface area contributed by atoms with E-state index in [0.717, 1.165) is 32.1 Å². The highest BCUT2D eigenvalue weighted by atomic mass is 16.3. The molecule has 1 amide bonds. The molecule has 4 N–H and O–H groups in total. The monoisotopic (exact) mass is 790 g/mol. The second-order valence-corrected chi connectivity index (χ2v) is 17.4. The summed E-state index contributed by atoms with van der Waals surface area (Å²) >= 11 is 0. The normalized spacial score (nSPS) is 13.6. The van der Waals surface area contributed by atoms with E-state index in [0.29, 0.717) is 6.42 Å². The Labute approximate surface area is 350 Å². The van der Waals surface area contributed by atoms with Gasteiger partial charge >= 0.3 is 0 Å². The maximum atomic E-state index is 12.5. The Hall–Kier alpha value is -1.17. The maximum Gasteiger partial charge on any atom is 0.222 e. The smallest absolute Gasteiger partial charge is 0.222 e. The van der Waals surface area contributed by atoms with Crippen LogP contribution in [0.5, 0.6) is 0 Å². The van der Waals surface area contributed by atoms with E-state index < -0.39 is 18.2 Å². The first kappa shape index (κ1) is 54.8. The van der Waals surface area contributed by atoms with E-state index in [4.69, 9.17) is 0 Å². The Morgan fingerprint density at radius 2 is 0.768 bits per heavy atom. The lowest BCUT2D eigenvalue weighted by Crippen LogP contribution is -2.45. The van der Waals surface area contributed by atoms with Gasteiger partial charge < -0.3 is 20.6 Å². The van der Waals surface area contributed by atoms with Crippen molar-refractivity contribution in [1.29, 1.82) is 0 Å². The summed E-state index contributed by atoms with van der Waals surface area (Å²) in [5, 5.41) is 33.3. The number of hydrogen-bond donors (Lipinski definition) is 4. The summed E-state index contributed by atoms with van der Waals surface area (Å²) in [6, 6.07) is -0.758. The largest absolute Gasteiger partial charge is 0.394 e. The average molecular weight is 790 g/mol. The highest BCUT2D eigenvalue weighted by Gasteiger charge is 2.20. The van der Waals surface area contributed by atoms with Gasteiger partial charge in [0.2, 0.25) is 5.91 Å². The molecule has 0 bridgehead atoms. The van der Waals surface area contributed by atoms with Crippen molar-refractivity contribution in [2.24, 2.45) is 0 Å². The van der Waals surface area contributed by atoms with Crippen molar-refractivity contribution in [3.63, 3.8) is 0 Å². The highest BCUT2D eigenvalue weighted by molar-refractivity contribution is 5.76. The van der Waals surface area contributed by atoms with E-state index in [9.17, 15) is 20.1 Å². The first-order valence-electron chi connectivity index (χ1n) is 25.1. The van der Waals surface area contributed by atoms with Gasteiger partial charge in [0, 0.05) is 0 Å². The van der Waals surface area contributed by atoms with Gasteiger partial charge in [0.25, 0.3) is 0 Å². The van der Waals surface area contributed by atoms with Crippen LogP contribution < -0.4 is 5.32 Å². The Bertz CT molecular complexity index is 829. The van der Waals surface area contributed by atoms with E-state index in [1.807, 2.05) is 6.08 Å². The van der Waals surface area contributed by atoms with E-state index in [2.05, 4.69) is 31.3 Å².